The van der Waals surface area contributed by atoms with E-state index in [1.165, 1.54) is 11.8 Å². The van der Waals surface area contributed by atoms with E-state index in [4.69, 9.17) is 4.74 Å². The number of nitrogens with zero attached hydrogens (tertiary/aromatic N) is 1. The van der Waals surface area contributed by atoms with Gasteiger partial charge in [0.15, 0.2) is 9.84 Å². The Balaban J connectivity index is 1.96. The number of hydrogen-bond donors (Lipinski definition) is 1. The summed E-state index contributed by atoms with van der Waals surface area (Å²) in [5.41, 5.74) is 0.573. The van der Waals surface area contributed by atoms with Crippen LogP contribution in [0.4, 0.5) is 5.69 Å². The molecule has 1 heterocycles. The van der Waals surface area contributed by atoms with Gasteiger partial charge in [-0.2, -0.15) is 0 Å². The van der Waals surface area contributed by atoms with Crippen LogP contribution in [0.1, 0.15) is 33.6 Å². The quantitative estimate of drug-likeness (QED) is 0.777. The van der Waals surface area contributed by atoms with E-state index in [1.807, 2.05) is 19.9 Å². The lowest BCUT2D eigenvalue weighted by atomic mass is 10.2. The van der Waals surface area contributed by atoms with Crippen molar-refractivity contribution in [1.29, 1.82) is 0 Å². The van der Waals surface area contributed by atoms with Crippen LogP contribution in [0.3, 0.4) is 0 Å². The standard InChI is InChI=1S/C18H26N2O5S/c1-13(2)25-17-7-5-4-6-16(17)19-18(22)8-10-20(14(3)21)15-9-11-26(23,24)12-15/h4-7,13,15H,8-12H2,1-3H3,(H,19,22). The minimum Gasteiger partial charge on any atom is -0.489 e. The summed E-state index contributed by atoms with van der Waals surface area (Å²) in [5, 5.41) is 2.80. The van der Waals surface area contributed by atoms with Gasteiger partial charge in [0.1, 0.15) is 5.75 Å². The minimum absolute atomic E-state index is 0.0226. The minimum atomic E-state index is -3.09. The molecule has 0 spiro atoms. The fraction of sp³-hybridized carbons (Fsp3) is 0.556. The van der Waals surface area contributed by atoms with E-state index < -0.39 is 9.84 Å². The third kappa shape index (κ3) is 5.72. The molecule has 2 amide bonds. The van der Waals surface area contributed by atoms with Crippen LogP contribution in [0.5, 0.6) is 5.75 Å². The molecule has 1 atom stereocenters. The molecule has 0 saturated carbocycles. The molecule has 7 nitrogen and oxygen atoms in total. The van der Waals surface area contributed by atoms with E-state index in [2.05, 4.69) is 5.32 Å². The van der Waals surface area contributed by atoms with Crippen molar-refractivity contribution in [1.82, 2.24) is 4.90 Å². The van der Waals surface area contributed by atoms with Gasteiger partial charge < -0.3 is 15.0 Å². The molecule has 0 radical (unpaired) electrons. The Morgan fingerprint density at radius 2 is 2.00 bits per heavy atom. The van der Waals surface area contributed by atoms with Crippen molar-refractivity contribution in [2.45, 2.75) is 45.8 Å². The van der Waals surface area contributed by atoms with Gasteiger partial charge in [-0.15, -0.1) is 0 Å². The Morgan fingerprint density at radius 3 is 2.58 bits per heavy atom. The number of anilines is 1. The van der Waals surface area contributed by atoms with E-state index in [0.29, 0.717) is 17.9 Å². The lowest BCUT2D eigenvalue weighted by Crippen LogP contribution is -2.41. The summed E-state index contributed by atoms with van der Waals surface area (Å²) in [7, 11) is -3.09. The highest BCUT2D eigenvalue weighted by Gasteiger charge is 2.33. The number of amides is 2. The van der Waals surface area contributed by atoms with Crippen LogP contribution in [0.2, 0.25) is 0 Å². The third-order valence-electron chi connectivity index (χ3n) is 4.16. The summed E-state index contributed by atoms with van der Waals surface area (Å²) in [4.78, 5) is 25.7. The van der Waals surface area contributed by atoms with Gasteiger partial charge in [-0.3, -0.25) is 9.59 Å². The second-order valence-corrected chi connectivity index (χ2v) is 8.96. The maximum Gasteiger partial charge on any atom is 0.226 e. The first kappa shape index (κ1) is 20.2. The molecule has 1 aliphatic rings. The molecular formula is C18H26N2O5S. The molecule has 8 heteroatoms. The van der Waals surface area contributed by atoms with E-state index in [0.717, 1.165) is 0 Å². The first-order chi connectivity index (χ1) is 12.2. The van der Waals surface area contributed by atoms with E-state index in [9.17, 15) is 18.0 Å². The second-order valence-electron chi connectivity index (χ2n) is 6.73. The molecule has 1 aliphatic heterocycles. The van der Waals surface area contributed by atoms with Crippen LogP contribution < -0.4 is 10.1 Å². The number of rotatable bonds is 7. The van der Waals surface area contributed by atoms with Gasteiger partial charge in [-0.25, -0.2) is 8.42 Å². The molecular weight excluding hydrogens is 356 g/mol. The second kappa shape index (κ2) is 8.53. The highest BCUT2D eigenvalue weighted by Crippen LogP contribution is 2.25. The monoisotopic (exact) mass is 382 g/mol. The molecule has 1 N–H and O–H groups in total. The Morgan fingerprint density at radius 1 is 1.31 bits per heavy atom. The van der Waals surface area contributed by atoms with Crippen LogP contribution in [0, 0.1) is 0 Å². The van der Waals surface area contributed by atoms with Crippen molar-refractivity contribution in [3.05, 3.63) is 24.3 Å². The number of sulfone groups is 1. The first-order valence-electron chi connectivity index (χ1n) is 8.71. The predicted octanol–water partition coefficient (Wildman–Crippen LogP) is 1.84. The predicted molar refractivity (Wildman–Crippen MR) is 99.9 cm³/mol. The summed E-state index contributed by atoms with van der Waals surface area (Å²) in [5.74, 6) is 0.175. The van der Waals surface area contributed by atoms with Gasteiger partial charge in [-0.1, -0.05) is 12.1 Å². The summed E-state index contributed by atoms with van der Waals surface area (Å²) < 4.78 is 29.0. The van der Waals surface area contributed by atoms with Crippen molar-refractivity contribution < 1.29 is 22.7 Å². The normalized spacial score (nSPS) is 18.5. The summed E-state index contributed by atoms with van der Waals surface area (Å²) >= 11 is 0. The number of nitrogens with one attached hydrogen (secondary N) is 1. The Labute approximate surface area is 154 Å². The molecule has 0 aliphatic carbocycles. The maximum absolute atomic E-state index is 12.3. The number of benzene rings is 1. The fourth-order valence-electron chi connectivity index (χ4n) is 2.98. The highest BCUT2D eigenvalue weighted by atomic mass is 32.2. The van der Waals surface area contributed by atoms with E-state index >= 15 is 0 Å². The zero-order valence-electron chi connectivity index (χ0n) is 15.4. The number of hydrogen-bond acceptors (Lipinski definition) is 5. The van der Waals surface area contributed by atoms with Crippen LogP contribution in [-0.4, -0.2) is 55.3 Å². The molecule has 2 rings (SSSR count). The van der Waals surface area contributed by atoms with Crippen molar-refractivity contribution in [2.75, 3.05) is 23.4 Å². The van der Waals surface area contributed by atoms with E-state index in [1.54, 1.807) is 18.2 Å². The molecule has 1 saturated heterocycles. The van der Waals surface area contributed by atoms with Crippen molar-refractivity contribution in [3.8, 4) is 5.75 Å². The maximum atomic E-state index is 12.3. The lowest BCUT2D eigenvalue weighted by Gasteiger charge is -2.26. The Kier molecular flexibility index (Phi) is 6.63. The molecule has 1 unspecified atom stereocenters. The average Bonchev–Trinajstić information content (AvgIpc) is 2.88. The lowest BCUT2D eigenvalue weighted by molar-refractivity contribution is -0.131. The van der Waals surface area contributed by atoms with Gasteiger partial charge in [0.05, 0.1) is 23.3 Å². The molecule has 1 aromatic carbocycles. The summed E-state index contributed by atoms with van der Waals surface area (Å²) in [6, 6.07) is 6.81. The molecule has 0 bridgehead atoms. The first-order valence-corrected chi connectivity index (χ1v) is 10.5. The molecule has 0 aromatic heterocycles. The van der Waals surface area contributed by atoms with E-state index in [-0.39, 0.29) is 48.4 Å². The SMILES string of the molecule is CC(=O)N(CCC(=O)Nc1ccccc1OC(C)C)C1CCS(=O)(=O)C1. The number of carbonyl (C=O) groups excluding carboxylic acids is 2. The highest BCUT2D eigenvalue weighted by molar-refractivity contribution is 7.91. The van der Waals surface area contributed by atoms with Gasteiger partial charge in [0.2, 0.25) is 11.8 Å². The Hall–Kier alpha value is -2.09. The van der Waals surface area contributed by atoms with Gasteiger partial charge in [-0.05, 0) is 32.4 Å². The fourth-order valence-corrected chi connectivity index (χ4v) is 4.71. The van der Waals surface area contributed by atoms with Gasteiger partial charge in [0, 0.05) is 25.9 Å². The molecule has 1 aromatic rings. The van der Waals surface area contributed by atoms with Gasteiger partial charge in [0.25, 0.3) is 0 Å². The third-order valence-corrected chi connectivity index (χ3v) is 5.91. The zero-order valence-corrected chi connectivity index (χ0v) is 16.2. The average molecular weight is 382 g/mol. The molecule has 26 heavy (non-hydrogen) atoms. The summed E-state index contributed by atoms with van der Waals surface area (Å²) in [6.07, 6.45) is 0.492. The van der Waals surface area contributed by atoms with Crippen molar-refractivity contribution in [2.24, 2.45) is 0 Å². The van der Waals surface area contributed by atoms with Crippen LogP contribution in [0.25, 0.3) is 0 Å². The number of ether oxygens (including phenoxy) is 1. The Bertz CT molecular complexity index is 761. The van der Waals surface area contributed by atoms with Crippen LogP contribution in [-0.2, 0) is 19.4 Å². The molecule has 1 fully saturated rings. The zero-order chi connectivity index (χ0) is 19.3. The number of carbonyl (C=O) groups is 2. The van der Waals surface area contributed by atoms with Crippen LogP contribution in [0.15, 0.2) is 24.3 Å². The largest absolute Gasteiger partial charge is 0.489 e. The van der Waals surface area contributed by atoms with Crippen LogP contribution >= 0.6 is 0 Å². The molecule has 144 valence electrons. The summed E-state index contributed by atoms with van der Waals surface area (Å²) in [6.45, 7) is 5.39. The smallest absolute Gasteiger partial charge is 0.226 e. The van der Waals surface area contributed by atoms with Gasteiger partial charge >= 0.3 is 0 Å². The van der Waals surface area contributed by atoms with Crippen molar-refractivity contribution >= 4 is 27.3 Å². The topological polar surface area (TPSA) is 92.8 Å². The van der Waals surface area contributed by atoms with Crippen molar-refractivity contribution in [3.63, 3.8) is 0 Å². The number of para-hydroxylation sites is 2.